The van der Waals surface area contributed by atoms with Crippen molar-refractivity contribution in [3.63, 3.8) is 0 Å². The van der Waals surface area contributed by atoms with Gasteiger partial charge in [-0.25, -0.2) is 9.97 Å². The van der Waals surface area contributed by atoms with Crippen molar-refractivity contribution >= 4 is 16.6 Å². The van der Waals surface area contributed by atoms with Crippen LogP contribution in [-0.2, 0) is 0 Å². The zero-order valence-corrected chi connectivity index (χ0v) is 13.7. The molecule has 0 aliphatic heterocycles. The summed E-state index contributed by atoms with van der Waals surface area (Å²) in [5.41, 5.74) is 13.3. The van der Waals surface area contributed by atoms with E-state index in [0.717, 1.165) is 39.1 Å². The van der Waals surface area contributed by atoms with E-state index in [9.17, 15) is 0 Å². The molecule has 2 aromatic heterocycles. The van der Waals surface area contributed by atoms with E-state index < -0.39 is 0 Å². The predicted octanol–water partition coefficient (Wildman–Crippen LogP) is 4.29. The molecule has 4 nitrogen and oxygen atoms in total. The van der Waals surface area contributed by atoms with Crippen molar-refractivity contribution in [3.8, 4) is 16.9 Å². The first-order valence-electron chi connectivity index (χ1n) is 7.89. The lowest BCUT2D eigenvalue weighted by atomic mass is 9.98. The van der Waals surface area contributed by atoms with Crippen LogP contribution in [0.5, 0.6) is 0 Å². The Morgan fingerprint density at radius 3 is 2.62 bits per heavy atom. The van der Waals surface area contributed by atoms with E-state index in [0.29, 0.717) is 0 Å². The molecule has 0 radical (unpaired) electrons. The summed E-state index contributed by atoms with van der Waals surface area (Å²) in [6.07, 6.45) is 5.50. The van der Waals surface area contributed by atoms with Crippen LogP contribution in [0.1, 0.15) is 11.1 Å². The Hall–Kier alpha value is -3.14. The minimum absolute atomic E-state index is 0.821. The summed E-state index contributed by atoms with van der Waals surface area (Å²) < 4.78 is 1.99. The molecule has 24 heavy (non-hydrogen) atoms. The quantitative estimate of drug-likeness (QED) is 0.562. The van der Waals surface area contributed by atoms with Crippen molar-refractivity contribution in [1.82, 2.24) is 14.5 Å². The van der Waals surface area contributed by atoms with Crippen LogP contribution in [0.2, 0.25) is 0 Å². The van der Waals surface area contributed by atoms with E-state index in [1.807, 2.05) is 35.9 Å². The Kier molecular flexibility index (Phi) is 3.31. The lowest BCUT2D eigenvalue weighted by Gasteiger charge is -2.11. The minimum Gasteiger partial charge on any atom is -0.399 e. The van der Waals surface area contributed by atoms with E-state index >= 15 is 0 Å². The van der Waals surface area contributed by atoms with Gasteiger partial charge in [-0.1, -0.05) is 12.1 Å². The van der Waals surface area contributed by atoms with Crippen LogP contribution < -0.4 is 5.73 Å². The molecule has 4 aromatic rings. The van der Waals surface area contributed by atoms with Crippen molar-refractivity contribution in [3.05, 3.63) is 72.3 Å². The van der Waals surface area contributed by atoms with Gasteiger partial charge < -0.3 is 10.3 Å². The molecule has 0 saturated carbocycles. The Bertz CT molecular complexity index is 1030. The number of rotatable bonds is 2. The molecule has 0 atom stereocenters. The second kappa shape index (κ2) is 5.49. The van der Waals surface area contributed by atoms with Crippen LogP contribution >= 0.6 is 0 Å². The Balaban J connectivity index is 1.82. The van der Waals surface area contributed by atoms with Crippen molar-refractivity contribution in [2.45, 2.75) is 13.8 Å². The third kappa shape index (κ3) is 2.33. The predicted molar refractivity (Wildman–Crippen MR) is 98.2 cm³/mol. The van der Waals surface area contributed by atoms with E-state index in [1.54, 1.807) is 12.5 Å². The Morgan fingerprint density at radius 2 is 1.83 bits per heavy atom. The van der Waals surface area contributed by atoms with Gasteiger partial charge in [-0.2, -0.15) is 0 Å². The topological polar surface area (TPSA) is 56.7 Å². The second-order valence-corrected chi connectivity index (χ2v) is 6.00. The number of hydrogen-bond donors (Lipinski definition) is 1. The molecule has 0 aliphatic rings. The fraction of sp³-hybridized carbons (Fsp3) is 0.100. The zero-order valence-electron chi connectivity index (χ0n) is 13.7. The molecular formula is C20H18N4. The van der Waals surface area contributed by atoms with Gasteiger partial charge in [-0.3, -0.25) is 0 Å². The summed E-state index contributed by atoms with van der Waals surface area (Å²) in [7, 11) is 0. The van der Waals surface area contributed by atoms with Gasteiger partial charge in [-0.15, -0.1) is 0 Å². The summed E-state index contributed by atoms with van der Waals surface area (Å²) in [5.74, 6) is 0. The standard InChI is InChI=1S/C20H18N4/c1-13-14(2)18(21)6-5-17(13)20-7-3-15-11-16(4-8-19(15)23-20)24-10-9-22-12-24/h3-12H,21H2,1-2H3. The maximum absolute atomic E-state index is 5.99. The van der Waals surface area contributed by atoms with Crippen molar-refractivity contribution in [2.24, 2.45) is 0 Å². The van der Waals surface area contributed by atoms with Gasteiger partial charge in [-0.05, 0) is 55.3 Å². The number of nitrogens with zero attached hydrogens (tertiary/aromatic N) is 3. The van der Waals surface area contributed by atoms with Crippen LogP contribution in [0, 0.1) is 13.8 Å². The fourth-order valence-corrected chi connectivity index (χ4v) is 2.95. The minimum atomic E-state index is 0.821. The largest absolute Gasteiger partial charge is 0.399 e. The molecule has 0 amide bonds. The molecule has 4 rings (SSSR count). The molecule has 2 aromatic carbocycles. The van der Waals surface area contributed by atoms with Gasteiger partial charge in [0.25, 0.3) is 0 Å². The molecule has 118 valence electrons. The van der Waals surface area contributed by atoms with E-state index in [1.165, 1.54) is 5.56 Å². The average molecular weight is 314 g/mol. The highest BCUT2D eigenvalue weighted by atomic mass is 15.0. The van der Waals surface area contributed by atoms with Crippen LogP contribution in [-0.4, -0.2) is 14.5 Å². The second-order valence-electron chi connectivity index (χ2n) is 6.00. The lowest BCUT2D eigenvalue weighted by Crippen LogP contribution is -1.96. The highest BCUT2D eigenvalue weighted by molar-refractivity contribution is 5.84. The number of hydrogen-bond acceptors (Lipinski definition) is 3. The lowest BCUT2D eigenvalue weighted by molar-refractivity contribution is 1.06. The number of pyridine rings is 1. The number of imidazole rings is 1. The maximum Gasteiger partial charge on any atom is 0.0991 e. The molecule has 0 bridgehead atoms. The monoisotopic (exact) mass is 314 g/mol. The molecule has 0 spiro atoms. The van der Waals surface area contributed by atoms with Gasteiger partial charge in [0.1, 0.15) is 0 Å². The summed E-state index contributed by atoms with van der Waals surface area (Å²) in [4.78, 5) is 8.93. The number of aromatic nitrogens is 3. The molecule has 2 heterocycles. The number of nitrogens with two attached hydrogens (primary N) is 1. The molecule has 0 fully saturated rings. The fourth-order valence-electron chi connectivity index (χ4n) is 2.95. The molecule has 0 unspecified atom stereocenters. The zero-order chi connectivity index (χ0) is 16.7. The molecule has 4 heteroatoms. The van der Waals surface area contributed by atoms with Crippen molar-refractivity contribution < 1.29 is 0 Å². The van der Waals surface area contributed by atoms with Gasteiger partial charge in [0.2, 0.25) is 0 Å². The number of nitrogen functional groups attached to an aromatic ring is 1. The molecule has 2 N–H and O–H groups in total. The summed E-state index contributed by atoms with van der Waals surface area (Å²) in [6, 6.07) is 14.4. The van der Waals surface area contributed by atoms with Gasteiger partial charge >= 0.3 is 0 Å². The Morgan fingerprint density at radius 1 is 0.958 bits per heavy atom. The highest BCUT2D eigenvalue weighted by Gasteiger charge is 2.09. The summed E-state index contributed by atoms with van der Waals surface area (Å²) in [6.45, 7) is 4.14. The average Bonchev–Trinajstić information content (AvgIpc) is 3.14. The smallest absolute Gasteiger partial charge is 0.0991 e. The van der Waals surface area contributed by atoms with Gasteiger partial charge in [0, 0.05) is 34.7 Å². The maximum atomic E-state index is 5.99. The summed E-state index contributed by atoms with van der Waals surface area (Å²) >= 11 is 0. The normalized spacial score (nSPS) is 11.1. The van der Waals surface area contributed by atoms with Crippen LogP contribution in [0.15, 0.2) is 61.2 Å². The number of anilines is 1. The van der Waals surface area contributed by atoms with E-state index in [-0.39, 0.29) is 0 Å². The summed E-state index contributed by atoms with van der Waals surface area (Å²) in [5, 5.41) is 1.11. The first-order valence-corrected chi connectivity index (χ1v) is 7.89. The highest BCUT2D eigenvalue weighted by Crippen LogP contribution is 2.29. The SMILES string of the molecule is Cc1c(N)ccc(-c2ccc3cc(-n4ccnc4)ccc3n2)c1C. The van der Waals surface area contributed by atoms with Crippen molar-refractivity contribution in [2.75, 3.05) is 5.73 Å². The molecule has 0 aliphatic carbocycles. The van der Waals surface area contributed by atoms with E-state index in [2.05, 4.69) is 36.2 Å². The number of benzene rings is 2. The van der Waals surface area contributed by atoms with Crippen LogP contribution in [0.3, 0.4) is 0 Å². The Labute approximate surface area is 140 Å². The van der Waals surface area contributed by atoms with Crippen LogP contribution in [0.25, 0.3) is 27.8 Å². The van der Waals surface area contributed by atoms with Gasteiger partial charge in [0.05, 0.1) is 17.5 Å². The third-order valence-corrected chi connectivity index (χ3v) is 4.58. The van der Waals surface area contributed by atoms with Gasteiger partial charge in [0.15, 0.2) is 0 Å². The van der Waals surface area contributed by atoms with Crippen LogP contribution in [0.4, 0.5) is 5.69 Å². The molecule has 0 saturated heterocycles. The first kappa shape index (κ1) is 14.5. The first-order chi connectivity index (χ1) is 11.6. The van der Waals surface area contributed by atoms with E-state index in [4.69, 9.17) is 10.7 Å². The number of fused-ring (bicyclic) bond motifs is 1. The third-order valence-electron chi connectivity index (χ3n) is 4.58. The van der Waals surface area contributed by atoms with Crippen molar-refractivity contribution in [1.29, 1.82) is 0 Å². The molecular weight excluding hydrogens is 296 g/mol.